The van der Waals surface area contributed by atoms with E-state index >= 15 is 0 Å². The maximum atomic E-state index is 11.4. The van der Waals surface area contributed by atoms with Gasteiger partial charge in [-0.2, -0.15) is 0 Å². The zero-order valence-electron chi connectivity index (χ0n) is 12.2. The van der Waals surface area contributed by atoms with Crippen LogP contribution in [0, 0.1) is 0 Å². The summed E-state index contributed by atoms with van der Waals surface area (Å²) in [7, 11) is 2.71. The average Bonchev–Trinajstić information content (AvgIpc) is 2.46. The number of carbonyl (C=O) groups is 2. The van der Waals surface area contributed by atoms with Gasteiger partial charge in [-0.25, -0.2) is 4.79 Å². The number of hydrogen-bond donors (Lipinski definition) is 1. The predicted octanol–water partition coefficient (Wildman–Crippen LogP) is 1.81. The first-order chi connectivity index (χ1) is 9.54. The van der Waals surface area contributed by atoms with Crippen LogP contribution in [0.3, 0.4) is 0 Å². The third kappa shape index (κ3) is 7.97. The van der Waals surface area contributed by atoms with Crippen molar-refractivity contribution < 1.29 is 19.1 Å². The van der Waals surface area contributed by atoms with Gasteiger partial charge in [-0.05, 0) is 24.3 Å². The Morgan fingerprint density at radius 3 is 2.65 bits per heavy atom. The van der Waals surface area contributed by atoms with Crippen LogP contribution in [-0.2, 0) is 14.3 Å². The Morgan fingerprint density at radius 1 is 1.40 bits per heavy atom. The van der Waals surface area contributed by atoms with Gasteiger partial charge in [0, 0.05) is 7.05 Å². The molecule has 112 valence electrons. The van der Waals surface area contributed by atoms with Gasteiger partial charge in [-0.15, -0.1) is 0 Å². The lowest BCUT2D eigenvalue weighted by atomic mass is 10.2. The van der Waals surface area contributed by atoms with Gasteiger partial charge in [-0.3, -0.25) is 4.79 Å². The lowest BCUT2D eigenvalue weighted by molar-refractivity contribution is -0.141. The minimum atomic E-state index is -0.604. The molecular formula is C14H22N2O4. The second kappa shape index (κ2) is 10.7. The maximum absolute atomic E-state index is 11.4. The topological polar surface area (TPSA) is 67.9 Å². The number of rotatable bonds is 8. The van der Waals surface area contributed by atoms with E-state index in [1.54, 1.807) is 18.4 Å². The van der Waals surface area contributed by atoms with Gasteiger partial charge < -0.3 is 19.7 Å². The molecule has 0 saturated heterocycles. The van der Waals surface area contributed by atoms with Gasteiger partial charge in [0.25, 0.3) is 0 Å². The number of ether oxygens (including phenoxy) is 2. The lowest BCUT2D eigenvalue weighted by Crippen LogP contribution is -2.34. The third-order valence-electron chi connectivity index (χ3n) is 2.38. The van der Waals surface area contributed by atoms with E-state index in [1.807, 2.05) is 13.0 Å². The van der Waals surface area contributed by atoms with Gasteiger partial charge in [0.15, 0.2) is 6.73 Å². The first-order valence-corrected chi connectivity index (χ1v) is 6.21. The summed E-state index contributed by atoms with van der Waals surface area (Å²) >= 11 is 0. The van der Waals surface area contributed by atoms with Crippen molar-refractivity contribution >= 4 is 12.1 Å². The molecule has 1 amide bonds. The number of nitrogens with one attached hydrogen (secondary N) is 1. The quantitative estimate of drug-likeness (QED) is 0.318. The number of nitrogens with zero attached hydrogens (tertiary/aromatic N) is 1. The highest BCUT2D eigenvalue weighted by molar-refractivity contribution is 5.77. The number of methoxy groups -OCH3 is 1. The molecule has 0 aliphatic rings. The van der Waals surface area contributed by atoms with Gasteiger partial charge in [0.1, 0.15) is 6.54 Å². The summed E-state index contributed by atoms with van der Waals surface area (Å²) in [4.78, 5) is 23.5. The number of carbonyl (C=O) groups excluding carboxylic acids is 2. The molecule has 0 radical (unpaired) electrons. The number of amides is 1. The molecule has 0 saturated carbocycles. The summed E-state index contributed by atoms with van der Waals surface area (Å²) in [6, 6.07) is 0. The lowest BCUT2D eigenvalue weighted by Gasteiger charge is -2.15. The fourth-order valence-corrected chi connectivity index (χ4v) is 1.15. The van der Waals surface area contributed by atoms with Crippen molar-refractivity contribution in [3.63, 3.8) is 0 Å². The van der Waals surface area contributed by atoms with E-state index in [1.165, 1.54) is 14.2 Å². The molecule has 6 heteroatoms. The molecule has 0 unspecified atom stereocenters. The summed E-state index contributed by atoms with van der Waals surface area (Å²) in [5.74, 6) is -0.501. The number of allylic oxidation sites excluding steroid dienone is 4. The van der Waals surface area contributed by atoms with Crippen molar-refractivity contribution in [3.8, 4) is 0 Å². The largest absolute Gasteiger partial charge is 0.468 e. The van der Waals surface area contributed by atoms with E-state index in [-0.39, 0.29) is 13.3 Å². The molecule has 20 heavy (non-hydrogen) atoms. The standard InChI is InChI=1S/C14H22N2O4/c1-5-12(6-2)8-7-9-15-11-20-14(18)16(3)10-13(17)19-4/h5,7-9,15H,1,6,10-11H2,2-4H3/b9-7-,12-8+. The van der Waals surface area contributed by atoms with Crippen LogP contribution in [-0.4, -0.2) is 44.4 Å². The van der Waals surface area contributed by atoms with Crippen LogP contribution >= 0.6 is 0 Å². The molecule has 0 atom stereocenters. The first kappa shape index (κ1) is 17.8. The Hall–Kier alpha value is -2.24. The highest BCUT2D eigenvalue weighted by Crippen LogP contribution is 2.00. The fraction of sp³-hybridized carbons (Fsp3) is 0.429. The second-order valence-corrected chi connectivity index (χ2v) is 3.85. The van der Waals surface area contributed by atoms with Crippen LogP contribution in [0.1, 0.15) is 13.3 Å². The maximum Gasteiger partial charge on any atom is 0.411 e. The van der Waals surface area contributed by atoms with Crippen LogP contribution in [0.25, 0.3) is 0 Å². The Morgan fingerprint density at radius 2 is 2.10 bits per heavy atom. The molecule has 0 rings (SSSR count). The monoisotopic (exact) mass is 282 g/mol. The van der Waals surface area contributed by atoms with Gasteiger partial charge >= 0.3 is 12.1 Å². The fourth-order valence-electron chi connectivity index (χ4n) is 1.15. The normalized spacial score (nSPS) is 11.1. The van der Waals surface area contributed by atoms with Crippen LogP contribution in [0.2, 0.25) is 0 Å². The van der Waals surface area contributed by atoms with Crippen LogP contribution in [0.4, 0.5) is 4.79 Å². The molecule has 0 aliphatic heterocycles. The second-order valence-electron chi connectivity index (χ2n) is 3.85. The Balaban J connectivity index is 3.92. The summed E-state index contributed by atoms with van der Waals surface area (Å²) in [5, 5.41) is 2.80. The summed E-state index contributed by atoms with van der Waals surface area (Å²) in [6.45, 7) is 5.59. The highest BCUT2D eigenvalue weighted by Gasteiger charge is 2.13. The zero-order valence-corrected chi connectivity index (χ0v) is 12.2. The van der Waals surface area contributed by atoms with Crippen molar-refractivity contribution in [1.82, 2.24) is 10.2 Å². The highest BCUT2D eigenvalue weighted by atomic mass is 16.6. The van der Waals surface area contributed by atoms with E-state index in [2.05, 4.69) is 16.6 Å². The minimum Gasteiger partial charge on any atom is -0.468 e. The van der Waals surface area contributed by atoms with Crippen LogP contribution in [0.15, 0.2) is 36.6 Å². The summed E-state index contributed by atoms with van der Waals surface area (Å²) < 4.78 is 9.33. The number of esters is 1. The van der Waals surface area contributed by atoms with Crippen LogP contribution in [0.5, 0.6) is 0 Å². The first-order valence-electron chi connectivity index (χ1n) is 6.21. The van der Waals surface area contributed by atoms with Gasteiger partial charge in [0.05, 0.1) is 7.11 Å². The molecule has 0 bridgehead atoms. The third-order valence-corrected chi connectivity index (χ3v) is 2.38. The van der Waals surface area contributed by atoms with E-state index in [9.17, 15) is 9.59 Å². The predicted molar refractivity (Wildman–Crippen MR) is 76.8 cm³/mol. The molecule has 0 spiro atoms. The van der Waals surface area contributed by atoms with E-state index in [4.69, 9.17) is 4.74 Å². The molecule has 0 aromatic carbocycles. The van der Waals surface area contributed by atoms with Crippen molar-refractivity contribution in [2.45, 2.75) is 13.3 Å². The minimum absolute atomic E-state index is 0.0181. The van der Waals surface area contributed by atoms with Gasteiger partial charge in [-0.1, -0.05) is 25.7 Å². The molecule has 0 fully saturated rings. The van der Waals surface area contributed by atoms with Crippen LogP contribution < -0.4 is 5.32 Å². The van der Waals surface area contributed by atoms with Crippen molar-refractivity contribution in [2.24, 2.45) is 0 Å². The molecule has 0 aromatic heterocycles. The Bertz CT molecular complexity index is 389. The molecule has 0 aliphatic carbocycles. The zero-order chi connectivity index (χ0) is 15.4. The number of hydrogen-bond acceptors (Lipinski definition) is 5. The molecule has 6 nitrogen and oxygen atoms in total. The smallest absolute Gasteiger partial charge is 0.411 e. The molecule has 0 heterocycles. The number of likely N-dealkylation sites (N-methyl/N-ethyl adjacent to an activating group) is 1. The van der Waals surface area contributed by atoms with Crippen molar-refractivity contribution in [1.29, 1.82) is 0 Å². The van der Waals surface area contributed by atoms with Crippen molar-refractivity contribution in [2.75, 3.05) is 27.4 Å². The summed E-state index contributed by atoms with van der Waals surface area (Å²) in [6.07, 6.45) is 7.45. The Labute approximate surface area is 119 Å². The Kier molecular flexibility index (Phi) is 9.47. The molecule has 1 N–H and O–H groups in total. The average molecular weight is 282 g/mol. The van der Waals surface area contributed by atoms with Gasteiger partial charge in [0.2, 0.25) is 0 Å². The van der Waals surface area contributed by atoms with Crippen molar-refractivity contribution in [3.05, 3.63) is 36.6 Å². The molecular weight excluding hydrogens is 260 g/mol. The summed E-state index contributed by atoms with van der Waals surface area (Å²) in [5.41, 5.74) is 1.11. The van der Waals surface area contributed by atoms with E-state index in [0.717, 1.165) is 16.9 Å². The van der Waals surface area contributed by atoms with E-state index < -0.39 is 12.1 Å². The SMILES string of the molecule is C=C/C(=C\C=C/NCOC(=O)N(C)CC(=O)OC)CC. The van der Waals surface area contributed by atoms with E-state index in [0.29, 0.717) is 0 Å². The molecule has 0 aromatic rings.